The maximum absolute atomic E-state index is 12.6. The molecule has 178 valence electrons. The highest BCUT2D eigenvalue weighted by molar-refractivity contribution is 5.96. The number of amides is 2. The summed E-state index contributed by atoms with van der Waals surface area (Å²) >= 11 is 0. The second-order valence-electron chi connectivity index (χ2n) is 8.56. The zero-order chi connectivity index (χ0) is 23.8. The van der Waals surface area contributed by atoms with Crippen LogP contribution in [0.15, 0.2) is 60.8 Å². The molecule has 0 spiro atoms. The molecule has 0 unspecified atom stereocenters. The summed E-state index contributed by atoms with van der Waals surface area (Å²) < 4.78 is 5.63. The number of unbranched alkanes of at least 4 members (excludes halogenated alkanes) is 1. The van der Waals surface area contributed by atoms with Gasteiger partial charge in [-0.15, -0.1) is 0 Å². The zero-order valence-corrected chi connectivity index (χ0v) is 19.7. The van der Waals surface area contributed by atoms with Crippen molar-refractivity contribution in [2.45, 2.75) is 26.3 Å². The molecule has 1 N–H and O–H groups in total. The molecule has 3 aromatic rings. The van der Waals surface area contributed by atoms with Crippen molar-refractivity contribution in [2.24, 2.45) is 0 Å². The van der Waals surface area contributed by atoms with Crippen LogP contribution in [0.1, 0.15) is 35.7 Å². The fraction of sp³-hybridized carbons (Fsp3) is 0.370. The monoisotopic (exact) mass is 460 g/mol. The minimum atomic E-state index is -0.254. The maximum atomic E-state index is 12.6. The van der Waals surface area contributed by atoms with Gasteiger partial charge in [-0.2, -0.15) is 0 Å². The highest BCUT2D eigenvalue weighted by Gasteiger charge is 2.22. The van der Waals surface area contributed by atoms with Crippen LogP contribution < -0.4 is 10.1 Å². The Hall–Kier alpha value is -3.45. The molecule has 4 rings (SSSR count). The SMILES string of the molecule is CCCCOc1ccc(C(=O)NCC(=O)N2CCN(Cc3cccc4cccnc34)CC2)cc1. The van der Waals surface area contributed by atoms with Gasteiger partial charge in [0.1, 0.15) is 5.75 Å². The predicted molar refractivity (Wildman–Crippen MR) is 133 cm³/mol. The first-order valence-corrected chi connectivity index (χ1v) is 12.0. The van der Waals surface area contributed by atoms with Gasteiger partial charge in [0.05, 0.1) is 18.7 Å². The van der Waals surface area contributed by atoms with Crippen LogP contribution in [0.25, 0.3) is 10.9 Å². The summed E-state index contributed by atoms with van der Waals surface area (Å²) in [6, 6.07) is 17.3. The van der Waals surface area contributed by atoms with Gasteiger partial charge in [0.25, 0.3) is 5.91 Å². The van der Waals surface area contributed by atoms with Gasteiger partial charge in [0.2, 0.25) is 5.91 Å². The number of ether oxygens (including phenoxy) is 1. The van der Waals surface area contributed by atoms with Gasteiger partial charge in [-0.3, -0.25) is 19.5 Å². The molecule has 0 bridgehead atoms. The lowest BCUT2D eigenvalue weighted by molar-refractivity contribution is -0.131. The van der Waals surface area contributed by atoms with Crippen molar-refractivity contribution in [2.75, 3.05) is 39.3 Å². The third kappa shape index (κ3) is 6.11. The summed E-state index contributed by atoms with van der Waals surface area (Å²) in [6.45, 7) is 6.48. The van der Waals surface area contributed by atoms with Crippen molar-refractivity contribution in [3.8, 4) is 5.75 Å². The summed E-state index contributed by atoms with van der Waals surface area (Å²) in [5, 5.41) is 3.89. The van der Waals surface area contributed by atoms with E-state index in [-0.39, 0.29) is 18.4 Å². The Morgan fingerprint density at radius 1 is 1.00 bits per heavy atom. The molecule has 0 aliphatic carbocycles. The van der Waals surface area contributed by atoms with Gasteiger partial charge >= 0.3 is 0 Å². The van der Waals surface area contributed by atoms with Gasteiger partial charge in [0.15, 0.2) is 0 Å². The molecule has 34 heavy (non-hydrogen) atoms. The van der Waals surface area contributed by atoms with E-state index in [4.69, 9.17) is 4.74 Å². The number of aromatic nitrogens is 1. The van der Waals surface area contributed by atoms with E-state index in [1.54, 1.807) is 24.3 Å². The van der Waals surface area contributed by atoms with Crippen molar-refractivity contribution in [1.82, 2.24) is 20.1 Å². The second-order valence-corrected chi connectivity index (χ2v) is 8.56. The molecule has 0 atom stereocenters. The van der Waals surface area contributed by atoms with E-state index in [0.717, 1.165) is 49.1 Å². The van der Waals surface area contributed by atoms with Gasteiger partial charge in [-0.1, -0.05) is 37.6 Å². The number of nitrogens with zero attached hydrogens (tertiary/aromatic N) is 3. The number of hydrogen-bond donors (Lipinski definition) is 1. The quantitative estimate of drug-likeness (QED) is 0.495. The molecular weight excluding hydrogens is 428 g/mol. The number of fused-ring (bicyclic) bond motifs is 1. The number of carbonyl (C=O) groups is 2. The number of hydrogen-bond acceptors (Lipinski definition) is 5. The van der Waals surface area contributed by atoms with E-state index < -0.39 is 0 Å². The average Bonchev–Trinajstić information content (AvgIpc) is 2.88. The van der Waals surface area contributed by atoms with E-state index >= 15 is 0 Å². The minimum Gasteiger partial charge on any atom is -0.494 e. The number of benzene rings is 2. The molecule has 1 aliphatic heterocycles. The fourth-order valence-electron chi connectivity index (χ4n) is 4.10. The Labute approximate surface area is 200 Å². The summed E-state index contributed by atoms with van der Waals surface area (Å²) in [5.41, 5.74) is 2.75. The highest BCUT2D eigenvalue weighted by atomic mass is 16.5. The van der Waals surface area contributed by atoms with Crippen LogP contribution in [0, 0.1) is 0 Å². The Bertz CT molecular complexity index is 1100. The summed E-state index contributed by atoms with van der Waals surface area (Å²) in [4.78, 5) is 33.8. The van der Waals surface area contributed by atoms with E-state index in [2.05, 4.69) is 46.4 Å². The molecule has 1 aromatic heterocycles. The van der Waals surface area contributed by atoms with Crippen molar-refractivity contribution in [3.63, 3.8) is 0 Å². The van der Waals surface area contributed by atoms with Crippen molar-refractivity contribution in [1.29, 1.82) is 0 Å². The largest absolute Gasteiger partial charge is 0.494 e. The first kappa shape index (κ1) is 23.7. The van der Waals surface area contributed by atoms with Crippen molar-refractivity contribution in [3.05, 3.63) is 71.9 Å². The normalized spacial score (nSPS) is 14.2. The van der Waals surface area contributed by atoms with Crippen LogP contribution in [-0.2, 0) is 11.3 Å². The van der Waals surface area contributed by atoms with Crippen LogP contribution in [0.2, 0.25) is 0 Å². The van der Waals surface area contributed by atoms with Gasteiger partial charge in [0, 0.05) is 49.9 Å². The third-order valence-electron chi connectivity index (χ3n) is 6.12. The van der Waals surface area contributed by atoms with E-state index in [1.165, 1.54) is 5.56 Å². The van der Waals surface area contributed by atoms with Crippen LogP contribution in [0.3, 0.4) is 0 Å². The molecule has 2 amide bonds. The lowest BCUT2D eigenvalue weighted by Crippen LogP contribution is -2.50. The summed E-state index contributed by atoms with van der Waals surface area (Å²) in [5.74, 6) is 0.438. The molecule has 7 heteroatoms. The molecule has 1 saturated heterocycles. The molecule has 1 fully saturated rings. The molecule has 0 saturated carbocycles. The maximum Gasteiger partial charge on any atom is 0.251 e. The Balaban J connectivity index is 1.22. The average molecular weight is 461 g/mol. The Morgan fingerprint density at radius 2 is 1.76 bits per heavy atom. The fourth-order valence-corrected chi connectivity index (χ4v) is 4.10. The number of pyridine rings is 1. The van der Waals surface area contributed by atoms with Crippen LogP contribution >= 0.6 is 0 Å². The Kier molecular flexibility index (Phi) is 8.09. The summed E-state index contributed by atoms with van der Waals surface area (Å²) in [6.07, 6.45) is 3.90. The number of nitrogens with one attached hydrogen (secondary N) is 1. The lowest BCUT2D eigenvalue weighted by atomic mass is 10.1. The predicted octanol–water partition coefficient (Wildman–Crippen LogP) is 3.49. The topological polar surface area (TPSA) is 74.8 Å². The molecule has 1 aliphatic rings. The number of rotatable bonds is 9. The number of carbonyl (C=O) groups excluding carboxylic acids is 2. The Morgan fingerprint density at radius 3 is 2.53 bits per heavy atom. The lowest BCUT2D eigenvalue weighted by Gasteiger charge is -2.35. The molecular formula is C27H32N4O3. The van der Waals surface area contributed by atoms with Crippen LogP contribution in [0.5, 0.6) is 5.75 Å². The van der Waals surface area contributed by atoms with Crippen molar-refractivity contribution < 1.29 is 14.3 Å². The van der Waals surface area contributed by atoms with Crippen LogP contribution in [-0.4, -0.2) is 65.9 Å². The minimum absolute atomic E-state index is 0.000821. The third-order valence-corrected chi connectivity index (χ3v) is 6.12. The smallest absolute Gasteiger partial charge is 0.251 e. The second kappa shape index (κ2) is 11.6. The van der Waals surface area contributed by atoms with Crippen LogP contribution in [0.4, 0.5) is 0 Å². The first-order chi connectivity index (χ1) is 16.6. The van der Waals surface area contributed by atoms with Gasteiger partial charge in [-0.05, 0) is 42.3 Å². The molecule has 2 aromatic carbocycles. The van der Waals surface area contributed by atoms with Gasteiger partial charge < -0.3 is 15.0 Å². The zero-order valence-electron chi connectivity index (χ0n) is 19.7. The molecule has 0 radical (unpaired) electrons. The first-order valence-electron chi connectivity index (χ1n) is 12.0. The van der Waals surface area contributed by atoms with Crippen molar-refractivity contribution >= 4 is 22.7 Å². The van der Waals surface area contributed by atoms with E-state index in [1.807, 2.05) is 17.2 Å². The standard InChI is InChI=1S/C27H32N4O3/c1-2-3-18-34-24-11-9-22(10-12-24)27(33)29-19-25(32)31-16-14-30(15-17-31)20-23-7-4-6-21-8-5-13-28-26(21)23/h4-13H,2-3,14-20H2,1H3,(H,29,33). The summed E-state index contributed by atoms with van der Waals surface area (Å²) in [7, 11) is 0. The van der Waals surface area contributed by atoms with E-state index in [0.29, 0.717) is 25.3 Å². The number of para-hydroxylation sites is 1. The van der Waals surface area contributed by atoms with Gasteiger partial charge in [-0.25, -0.2) is 0 Å². The molecule has 7 nitrogen and oxygen atoms in total. The van der Waals surface area contributed by atoms with E-state index in [9.17, 15) is 9.59 Å². The number of piperazine rings is 1. The highest BCUT2D eigenvalue weighted by Crippen LogP contribution is 2.18. The molecule has 2 heterocycles.